The van der Waals surface area contributed by atoms with Crippen molar-refractivity contribution in [2.24, 2.45) is 0 Å². The van der Waals surface area contributed by atoms with Crippen molar-refractivity contribution in [2.75, 3.05) is 25.6 Å². The molecule has 0 heterocycles. The quantitative estimate of drug-likeness (QED) is 0.390. The molecule has 1 aliphatic carbocycles. The number of carbonyl (C=O) groups excluding carboxylic acids is 2. The number of alkyl carbamates (subject to hydrolysis) is 1. The number of methoxy groups -OCH3 is 1. The minimum atomic E-state index is -1.30. The van der Waals surface area contributed by atoms with Crippen LogP contribution < -0.4 is 10.6 Å². The summed E-state index contributed by atoms with van der Waals surface area (Å²) in [6.07, 6.45) is -0.784. The highest BCUT2D eigenvalue weighted by atomic mass is 16.5. The summed E-state index contributed by atoms with van der Waals surface area (Å²) in [4.78, 5) is 36.3. The van der Waals surface area contributed by atoms with Gasteiger partial charge in [-0.05, 0) is 34.4 Å². The number of amides is 2. The third-order valence-electron chi connectivity index (χ3n) is 5.78. The lowest BCUT2D eigenvalue weighted by molar-refractivity contribution is -0.119. The zero-order valence-corrected chi connectivity index (χ0v) is 18.9. The van der Waals surface area contributed by atoms with Gasteiger partial charge in [0.1, 0.15) is 24.0 Å². The molecule has 9 heteroatoms. The number of rotatable bonds is 8. The van der Waals surface area contributed by atoms with Crippen LogP contribution in [0.1, 0.15) is 27.4 Å². The number of benzene rings is 3. The second kappa shape index (κ2) is 10.3. The summed E-state index contributed by atoms with van der Waals surface area (Å²) >= 11 is 0. The third-order valence-corrected chi connectivity index (χ3v) is 5.78. The van der Waals surface area contributed by atoms with Crippen molar-refractivity contribution in [3.8, 4) is 16.9 Å². The van der Waals surface area contributed by atoms with Gasteiger partial charge in [0.2, 0.25) is 5.91 Å². The van der Waals surface area contributed by atoms with E-state index in [1.165, 1.54) is 13.2 Å². The number of carboxylic acid groups (broad SMARTS) is 1. The van der Waals surface area contributed by atoms with Gasteiger partial charge >= 0.3 is 12.1 Å². The molecule has 0 aromatic heterocycles. The number of carboxylic acids is 1. The Balaban J connectivity index is 1.40. The lowest BCUT2D eigenvalue weighted by Gasteiger charge is -2.19. The number of hydrogen-bond acceptors (Lipinski definition) is 6. The van der Waals surface area contributed by atoms with Crippen molar-refractivity contribution in [1.82, 2.24) is 5.32 Å². The fourth-order valence-electron chi connectivity index (χ4n) is 4.15. The molecule has 35 heavy (non-hydrogen) atoms. The summed E-state index contributed by atoms with van der Waals surface area (Å²) in [7, 11) is 1.38. The van der Waals surface area contributed by atoms with Crippen molar-refractivity contribution in [3.05, 3.63) is 83.4 Å². The van der Waals surface area contributed by atoms with Crippen LogP contribution in [0.3, 0.4) is 0 Å². The summed E-state index contributed by atoms with van der Waals surface area (Å²) in [5.74, 6) is -2.54. The number of nitrogens with one attached hydrogen (secondary N) is 2. The van der Waals surface area contributed by atoms with E-state index < -0.39 is 29.8 Å². The lowest BCUT2D eigenvalue weighted by atomic mass is 9.98. The summed E-state index contributed by atoms with van der Waals surface area (Å²) in [5, 5.41) is 23.9. The minimum Gasteiger partial charge on any atom is -0.507 e. The van der Waals surface area contributed by atoms with E-state index in [0.29, 0.717) is 0 Å². The second-order valence-electron chi connectivity index (χ2n) is 8.00. The van der Waals surface area contributed by atoms with E-state index in [1.807, 2.05) is 48.5 Å². The van der Waals surface area contributed by atoms with E-state index in [2.05, 4.69) is 10.6 Å². The fraction of sp³-hybridized carbons (Fsp3) is 0.192. The van der Waals surface area contributed by atoms with E-state index >= 15 is 0 Å². The Labute approximate surface area is 201 Å². The monoisotopic (exact) mass is 476 g/mol. The zero-order chi connectivity index (χ0) is 24.9. The van der Waals surface area contributed by atoms with Crippen LogP contribution in [0.15, 0.2) is 66.7 Å². The van der Waals surface area contributed by atoms with E-state index in [4.69, 9.17) is 14.6 Å². The molecule has 0 fully saturated rings. The first kappa shape index (κ1) is 23.8. The standard InChI is InChI=1S/C26H24N2O7/c1-34-14-22(24(30)27-15-10-11-20(25(31)32)23(29)12-15)28-26(33)35-13-21-18-8-4-2-6-16(18)17-7-3-5-9-19(17)21/h2-12,21-22,29H,13-14H2,1H3,(H,27,30)(H,28,33)(H,31,32). The molecule has 0 spiro atoms. The predicted octanol–water partition coefficient (Wildman–Crippen LogP) is 3.58. The van der Waals surface area contributed by atoms with Gasteiger partial charge in [-0.15, -0.1) is 0 Å². The highest BCUT2D eigenvalue weighted by Crippen LogP contribution is 2.44. The Kier molecular flexibility index (Phi) is 6.98. The molecule has 3 aromatic rings. The first-order valence-corrected chi connectivity index (χ1v) is 10.9. The molecule has 0 saturated heterocycles. The van der Waals surface area contributed by atoms with Crippen LogP contribution in [0.5, 0.6) is 5.75 Å². The number of ether oxygens (including phenoxy) is 2. The first-order valence-electron chi connectivity index (χ1n) is 10.9. The SMILES string of the molecule is COCC(NC(=O)OCC1c2ccccc2-c2ccccc21)C(=O)Nc1ccc(C(=O)O)c(O)c1. The Morgan fingerprint density at radius 1 is 0.971 bits per heavy atom. The van der Waals surface area contributed by atoms with Crippen molar-refractivity contribution in [2.45, 2.75) is 12.0 Å². The van der Waals surface area contributed by atoms with E-state index in [0.717, 1.165) is 34.4 Å². The average molecular weight is 476 g/mol. The predicted molar refractivity (Wildman–Crippen MR) is 128 cm³/mol. The molecule has 0 radical (unpaired) electrons. The number of hydrogen-bond donors (Lipinski definition) is 4. The van der Waals surface area contributed by atoms with Gasteiger partial charge in [-0.1, -0.05) is 48.5 Å². The van der Waals surface area contributed by atoms with Gasteiger partial charge in [-0.25, -0.2) is 9.59 Å². The molecule has 180 valence electrons. The first-order chi connectivity index (χ1) is 16.9. The molecule has 0 bridgehead atoms. The number of phenols is 1. The summed E-state index contributed by atoms with van der Waals surface area (Å²) in [5.41, 5.74) is 4.20. The molecular formula is C26H24N2O7. The Morgan fingerprint density at radius 3 is 2.17 bits per heavy atom. The second-order valence-corrected chi connectivity index (χ2v) is 8.00. The van der Waals surface area contributed by atoms with Crippen molar-refractivity contribution < 1.29 is 34.1 Å². The van der Waals surface area contributed by atoms with Gasteiger partial charge in [-0.3, -0.25) is 4.79 Å². The summed E-state index contributed by atoms with van der Waals surface area (Å²) in [6, 6.07) is 18.4. The van der Waals surface area contributed by atoms with Gasteiger partial charge in [0.05, 0.1) is 6.61 Å². The molecule has 2 amide bonds. The fourth-order valence-corrected chi connectivity index (χ4v) is 4.15. The Hall–Kier alpha value is -4.37. The summed E-state index contributed by atoms with van der Waals surface area (Å²) in [6.45, 7) is -0.0407. The number of fused-ring (bicyclic) bond motifs is 3. The molecule has 1 unspecified atom stereocenters. The highest BCUT2D eigenvalue weighted by Gasteiger charge is 2.30. The maximum Gasteiger partial charge on any atom is 0.407 e. The topological polar surface area (TPSA) is 134 Å². The number of carbonyl (C=O) groups is 3. The maximum atomic E-state index is 12.7. The van der Waals surface area contributed by atoms with E-state index in [9.17, 15) is 19.5 Å². The van der Waals surface area contributed by atoms with Gasteiger partial charge in [-0.2, -0.15) is 0 Å². The molecule has 1 aliphatic rings. The Morgan fingerprint density at radius 2 is 1.60 bits per heavy atom. The van der Waals surface area contributed by atoms with Gasteiger partial charge in [0, 0.05) is 24.8 Å². The molecule has 0 saturated carbocycles. The van der Waals surface area contributed by atoms with Crippen molar-refractivity contribution >= 4 is 23.7 Å². The normalized spacial score (nSPS) is 12.8. The maximum absolute atomic E-state index is 12.7. The minimum absolute atomic E-state index is 0.0890. The Bertz CT molecular complexity index is 1230. The van der Waals surface area contributed by atoms with Gasteiger partial charge in [0.25, 0.3) is 0 Å². The van der Waals surface area contributed by atoms with Crippen LogP contribution in [-0.2, 0) is 14.3 Å². The van der Waals surface area contributed by atoms with E-state index in [1.54, 1.807) is 0 Å². The van der Waals surface area contributed by atoms with Crippen LogP contribution in [0.4, 0.5) is 10.5 Å². The highest BCUT2D eigenvalue weighted by molar-refractivity contribution is 5.98. The number of aromatic carboxylic acids is 1. The van der Waals surface area contributed by atoms with E-state index in [-0.39, 0.29) is 30.4 Å². The third kappa shape index (κ3) is 5.10. The molecule has 4 N–H and O–H groups in total. The van der Waals surface area contributed by atoms with Crippen molar-refractivity contribution in [1.29, 1.82) is 0 Å². The van der Waals surface area contributed by atoms with Crippen LogP contribution in [-0.4, -0.2) is 54.5 Å². The molecule has 4 rings (SSSR count). The zero-order valence-electron chi connectivity index (χ0n) is 18.9. The van der Waals surface area contributed by atoms with Crippen molar-refractivity contribution in [3.63, 3.8) is 0 Å². The molecule has 3 aromatic carbocycles. The van der Waals surface area contributed by atoms with Crippen LogP contribution >= 0.6 is 0 Å². The molecule has 1 atom stereocenters. The molecular weight excluding hydrogens is 452 g/mol. The van der Waals surface area contributed by atoms with Gasteiger partial charge in [0.15, 0.2) is 0 Å². The summed E-state index contributed by atoms with van der Waals surface area (Å²) < 4.78 is 10.5. The number of aromatic hydroxyl groups is 1. The lowest BCUT2D eigenvalue weighted by Crippen LogP contribution is -2.47. The molecule has 9 nitrogen and oxygen atoms in total. The molecule has 0 aliphatic heterocycles. The van der Waals surface area contributed by atoms with Crippen LogP contribution in [0.2, 0.25) is 0 Å². The van der Waals surface area contributed by atoms with Crippen LogP contribution in [0, 0.1) is 0 Å². The average Bonchev–Trinajstić information content (AvgIpc) is 3.16. The number of anilines is 1. The van der Waals surface area contributed by atoms with Crippen LogP contribution in [0.25, 0.3) is 11.1 Å². The smallest absolute Gasteiger partial charge is 0.407 e. The van der Waals surface area contributed by atoms with Gasteiger partial charge < -0.3 is 30.3 Å². The largest absolute Gasteiger partial charge is 0.507 e.